The molecule has 3 N–H and O–H groups in total. The number of carbonyl (C=O) groups excluding carboxylic acids is 2. The number of aryl methyl sites for hydroxylation is 1. The Hall–Kier alpha value is -2.09. The van der Waals surface area contributed by atoms with Gasteiger partial charge in [-0.25, -0.2) is 8.42 Å². The highest BCUT2D eigenvalue weighted by molar-refractivity contribution is 7.92. The minimum atomic E-state index is -3.35. The minimum absolute atomic E-state index is 0.0125. The molecule has 0 aliphatic carbocycles. The number of carbonyl (C=O) groups is 2. The zero-order chi connectivity index (χ0) is 19.0. The van der Waals surface area contributed by atoms with Crippen LogP contribution in [0.1, 0.15) is 39.2 Å². The van der Waals surface area contributed by atoms with Gasteiger partial charge >= 0.3 is 0 Å². The number of rotatable bonds is 9. The molecule has 1 aromatic rings. The van der Waals surface area contributed by atoms with Crippen molar-refractivity contribution >= 4 is 33.2 Å². The molecule has 0 aromatic heterocycles. The van der Waals surface area contributed by atoms with E-state index in [-0.39, 0.29) is 24.1 Å². The van der Waals surface area contributed by atoms with E-state index >= 15 is 0 Å². The van der Waals surface area contributed by atoms with Gasteiger partial charge in [0.1, 0.15) is 0 Å². The van der Waals surface area contributed by atoms with E-state index in [4.69, 9.17) is 0 Å². The highest BCUT2D eigenvalue weighted by atomic mass is 32.2. The van der Waals surface area contributed by atoms with Crippen molar-refractivity contribution in [1.82, 2.24) is 5.32 Å². The molecule has 0 atom stereocenters. The van der Waals surface area contributed by atoms with Crippen molar-refractivity contribution in [2.75, 3.05) is 22.3 Å². The number of hydrogen-bond acceptors (Lipinski definition) is 4. The van der Waals surface area contributed by atoms with Crippen LogP contribution in [0.3, 0.4) is 0 Å². The van der Waals surface area contributed by atoms with Crippen LogP contribution in [0.5, 0.6) is 0 Å². The fourth-order valence-electron chi connectivity index (χ4n) is 1.99. The van der Waals surface area contributed by atoms with Crippen LogP contribution in [0.2, 0.25) is 0 Å². The fourth-order valence-corrected chi connectivity index (χ4v) is 2.70. The number of nitrogens with one attached hydrogen (secondary N) is 3. The van der Waals surface area contributed by atoms with Crippen LogP contribution in [0.4, 0.5) is 11.4 Å². The molecule has 0 aliphatic heterocycles. The second kappa shape index (κ2) is 9.41. The summed E-state index contributed by atoms with van der Waals surface area (Å²) in [6.45, 7) is 7.28. The Morgan fingerprint density at radius 3 is 2.40 bits per heavy atom. The fraction of sp³-hybridized carbons (Fsp3) is 0.529. The summed E-state index contributed by atoms with van der Waals surface area (Å²) in [5.41, 5.74) is 1.70. The summed E-state index contributed by atoms with van der Waals surface area (Å²) in [5.74, 6) is -0.0590. The zero-order valence-electron chi connectivity index (χ0n) is 15.2. The van der Waals surface area contributed by atoms with Crippen LogP contribution in [-0.2, 0) is 19.6 Å². The van der Waals surface area contributed by atoms with Gasteiger partial charge in [0.15, 0.2) is 0 Å². The lowest BCUT2D eigenvalue weighted by atomic mass is 10.1. The molecule has 140 valence electrons. The number of anilines is 2. The first-order chi connectivity index (χ1) is 11.6. The highest BCUT2D eigenvalue weighted by Gasteiger charge is 2.11. The summed E-state index contributed by atoms with van der Waals surface area (Å²) < 4.78 is 25.7. The maximum Gasteiger partial charge on any atom is 0.243 e. The first-order valence-corrected chi connectivity index (χ1v) is 9.96. The monoisotopic (exact) mass is 369 g/mol. The maximum atomic E-state index is 11.9. The number of sulfonamides is 1. The van der Waals surface area contributed by atoms with Crippen molar-refractivity contribution < 1.29 is 18.0 Å². The summed E-state index contributed by atoms with van der Waals surface area (Å²) in [5, 5.41) is 5.26. The summed E-state index contributed by atoms with van der Waals surface area (Å²) >= 11 is 0. The van der Waals surface area contributed by atoms with E-state index in [9.17, 15) is 18.0 Å². The largest absolute Gasteiger partial charge is 0.347 e. The van der Waals surface area contributed by atoms with E-state index in [0.717, 1.165) is 6.42 Å². The molecule has 25 heavy (non-hydrogen) atoms. The third-order valence-electron chi connectivity index (χ3n) is 3.55. The number of amides is 2. The molecule has 0 bridgehead atoms. The van der Waals surface area contributed by atoms with E-state index in [1.165, 1.54) is 0 Å². The second-order valence-electron chi connectivity index (χ2n) is 6.29. The Labute approximate surface area is 149 Å². The Morgan fingerprint density at radius 1 is 1.16 bits per heavy atom. The molecular weight excluding hydrogens is 342 g/mol. The molecule has 0 unspecified atom stereocenters. The lowest BCUT2D eigenvalue weighted by Gasteiger charge is -2.12. The molecule has 0 aliphatic rings. The normalized spacial score (nSPS) is 11.2. The van der Waals surface area contributed by atoms with Gasteiger partial charge in [-0.05, 0) is 49.9 Å². The van der Waals surface area contributed by atoms with Gasteiger partial charge in [0, 0.05) is 12.1 Å². The Morgan fingerprint density at radius 2 is 1.84 bits per heavy atom. The van der Waals surface area contributed by atoms with Gasteiger partial charge in [-0.3, -0.25) is 14.3 Å². The first-order valence-electron chi connectivity index (χ1n) is 8.30. The van der Waals surface area contributed by atoms with Crippen molar-refractivity contribution in [2.24, 2.45) is 5.92 Å². The van der Waals surface area contributed by atoms with Gasteiger partial charge in [-0.15, -0.1) is 0 Å². The first kappa shape index (κ1) is 21.0. The Bertz CT molecular complexity index is 715. The van der Waals surface area contributed by atoms with Crippen LogP contribution in [0.15, 0.2) is 18.2 Å². The van der Waals surface area contributed by atoms with Crippen LogP contribution < -0.4 is 15.4 Å². The standard InChI is InChI=1S/C17H27N3O4S/c1-5-25(23,24)20-15-8-7-14(10-13(15)4)19-17(22)11-18-16(21)9-6-12(2)3/h7-8,10,12,20H,5-6,9,11H2,1-4H3,(H,18,21)(H,19,22). The average Bonchev–Trinajstić information content (AvgIpc) is 2.53. The van der Waals surface area contributed by atoms with Crippen molar-refractivity contribution in [3.63, 3.8) is 0 Å². The molecule has 0 spiro atoms. The zero-order valence-corrected chi connectivity index (χ0v) is 16.0. The quantitative estimate of drug-likeness (QED) is 0.621. The topological polar surface area (TPSA) is 104 Å². The molecule has 8 heteroatoms. The van der Waals surface area contributed by atoms with Gasteiger partial charge in [0.25, 0.3) is 0 Å². The maximum absolute atomic E-state index is 11.9. The van der Waals surface area contributed by atoms with Crippen molar-refractivity contribution in [2.45, 2.75) is 40.5 Å². The number of benzene rings is 1. The third kappa shape index (κ3) is 8.02. The van der Waals surface area contributed by atoms with Gasteiger partial charge in [-0.2, -0.15) is 0 Å². The lowest BCUT2D eigenvalue weighted by Crippen LogP contribution is -2.32. The molecule has 0 radical (unpaired) electrons. The molecule has 0 saturated carbocycles. The second-order valence-corrected chi connectivity index (χ2v) is 8.30. The smallest absolute Gasteiger partial charge is 0.243 e. The third-order valence-corrected chi connectivity index (χ3v) is 4.84. The molecule has 7 nitrogen and oxygen atoms in total. The van der Waals surface area contributed by atoms with E-state index in [0.29, 0.717) is 29.3 Å². The van der Waals surface area contributed by atoms with Gasteiger partial charge in [0.05, 0.1) is 18.0 Å². The van der Waals surface area contributed by atoms with Gasteiger partial charge in [0.2, 0.25) is 21.8 Å². The van der Waals surface area contributed by atoms with Crippen molar-refractivity contribution in [3.8, 4) is 0 Å². The van der Waals surface area contributed by atoms with Crippen LogP contribution >= 0.6 is 0 Å². The Kier molecular flexibility index (Phi) is 7.89. The van der Waals surface area contributed by atoms with Gasteiger partial charge in [-0.1, -0.05) is 13.8 Å². The predicted molar refractivity (Wildman–Crippen MR) is 100.0 cm³/mol. The summed E-state index contributed by atoms with van der Waals surface area (Å²) in [6, 6.07) is 4.88. The molecule has 0 fully saturated rings. The van der Waals surface area contributed by atoms with Crippen LogP contribution in [-0.4, -0.2) is 32.5 Å². The van der Waals surface area contributed by atoms with E-state index in [2.05, 4.69) is 15.4 Å². The van der Waals surface area contributed by atoms with Crippen molar-refractivity contribution in [1.29, 1.82) is 0 Å². The molecule has 2 amide bonds. The van der Waals surface area contributed by atoms with E-state index in [1.807, 2.05) is 13.8 Å². The molecule has 1 rings (SSSR count). The predicted octanol–water partition coefficient (Wildman–Crippen LogP) is 2.25. The van der Waals surface area contributed by atoms with Gasteiger partial charge < -0.3 is 10.6 Å². The molecule has 0 heterocycles. The van der Waals surface area contributed by atoms with E-state index < -0.39 is 10.0 Å². The molecule has 1 aromatic carbocycles. The van der Waals surface area contributed by atoms with E-state index in [1.54, 1.807) is 32.0 Å². The minimum Gasteiger partial charge on any atom is -0.347 e. The Balaban J connectivity index is 2.55. The summed E-state index contributed by atoms with van der Waals surface area (Å²) in [6.07, 6.45) is 1.18. The van der Waals surface area contributed by atoms with Crippen molar-refractivity contribution in [3.05, 3.63) is 23.8 Å². The van der Waals surface area contributed by atoms with Crippen LogP contribution in [0, 0.1) is 12.8 Å². The summed E-state index contributed by atoms with van der Waals surface area (Å²) in [7, 11) is -3.35. The highest BCUT2D eigenvalue weighted by Crippen LogP contribution is 2.20. The molecular formula is C17H27N3O4S. The SMILES string of the molecule is CCS(=O)(=O)Nc1ccc(NC(=O)CNC(=O)CCC(C)C)cc1C. The van der Waals surface area contributed by atoms with Crippen LogP contribution in [0.25, 0.3) is 0 Å². The summed E-state index contributed by atoms with van der Waals surface area (Å²) in [4.78, 5) is 23.5. The average molecular weight is 369 g/mol. The number of hydrogen-bond donors (Lipinski definition) is 3. The lowest BCUT2D eigenvalue weighted by molar-refractivity contribution is -0.124. The molecule has 0 saturated heterocycles.